The normalized spacial score (nSPS) is 13.4. The first-order valence-corrected chi connectivity index (χ1v) is 5.77. The Balaban J connectivity index is 2.16. The second-order valence-corrected chi connectivity index (χ2v) is 4.34. The first-order valence-electron chi connectivity index (χ1n) is 5.77. The molecular formula is C14H12N2O2. The van der Waals surface area contributed by atoms with Gasteiger partial charge in [-0.25, -0.2) is 9.97 Å². The molecule has 18 heavy (non-hydrogen) atoms. The predicted molar refractivity (Wildman–Crippen MR) is 66.1 cm³/mol. The zero-order valence-corrected chi connectivity index (χ0v) is 10.0. The third-order valence-electron chi connectivity index (χ3n) is 3.00. The van der Waals surface area contributed by atoms with Crippen LogP contribution >= 0.6 is 0 Å². The van der Waals surface area contributed by atoms with Crippen molar-refractivity contribution in [2.45, 2.75) is 20.1 Å². The van der Waals surface area contributed by atoms with Crippen molar-refractivity contribution >= 4 is 6.29 Å². The van der Waals surface area contributed by atoms with Crippen LogP contribution in [0.15, 0.2) is 24.3 Å². The number of aldehydes is 1. The van der Waals surface area contributed by atoms with Gasteiger partial charge in [-0.15, -0.1) is 0 Å². The highest BCUT2D eigenvalue weighted by Crippen LogP contribution is 2.24. The molecule has 4 nitrogen and oxygen atoms in total. The fourth-order valence-corrected chi connectivity index (χ4v) is 2.09. The highest BCUT2D eigenvalue weighted by atomic mass is 16.5. The summed E-state index contributed by atoms with van der Waals surface area (Å²) in [5.74, 6) is 0.588. The summed E-state index contributed by atoms with van der Waals surface area (Å²) < 4.78 is 5.31. The lowest BCUT2D eigenvalue weighted by atomic mass is 10.1. The predicted octanol–water partition coefficient (Wildman–Crippen LogP) is 2.29. The maximum absolute atomic E-state index is 11.1. The van der Waals surface area contributed by atoms with Gasteiger partial charge >= 0.3 is 0 Å². The van der Waals surface area contributed by atoms with Crippen LogP contribution in [0.3, 0.4) is 0 Å². The first kappa shape index (κ1) is 11.0. The van der Waals surface area contributed by atoms with Crippen LogP contribution in [-0.2, 0) is 18.0 Å². The molecule has 1 aliphatic heterocycles. The Labute approximate surface area is 105 Å². The monoisotopic (exact) mass is 240 g/mol. The van der Waals surface area contributed by atoms with E-state index in [-0.39, 0.29) is 0 Å². The number of benzene rings is 1. The Hall–Kier alpha value is -2.07. The molecule has 0 unspecified atom stereocenters. The van der Waals surface area contributed by atoms with Crippen molar-refractivity contribution in [2.24, 2.45) is 0 Å². The molecule has 0 bridgehead atoms. The van der Waals surface area contributed by atoms with Gasteiger partial charge in [0.25, 0.3) is 0 Å². The van der Waals surface area contributed by atoms with Crippen molar-refractivity contribution < 1.29 is 9.53 Å². The van der Waals surface area contributed by atoms with E-state index in [2.05, 4.69) is 9.97 Å². The molecule has 4 heteroatoms. The van der Waals surface area contributed by atoms with E-state index in [4.69, 9.17) is 4.74 Å². The van der Waals surface area contributed by atoms with Crippen LogP contribution in [0.4, 0.5) is 0 Å². The molecule has 0 radical (unpaired) electrons. The molecule has 1 aromatic carbocycles. The van der Waals surface area contributed by atoms with Crippen LogP contribution in [0, 0.1) is 6.92 Å². The standard InChI is InChI=1S/C14H12N2O2/c1-9-3-2-4-10(5-9)14-15-12(6-17)11-7-18-8-13(11)16-14/h2-6H,7-8H2,1H3. The average Bonchev–Trinajstić information content (AvgIpc) is 2.85. The van der Waals surface area contributed by atoms with Gasteiger partial charge in [-0.05, 0) is 13.0 Å². The minimum Gasteiger partial charge on any atom is -0.370 e. The van der Waals surface area contributed by atoms with E-state index in [1.807, 2.05) is 31.2 Å². The minimum absolute atomic E-state index is 0.428. The van der Waals surface area contributed by atoms with Crippen molar-refractivity contribution in [3.8, 4) is 11.4 Å². The van der Waals surface area contributed by atoms with E-state index in [0.717, 1.165) is 28.7 Å². The highest BCUT2D eigenvalue weighted by Gasteiger charge is 2.19. The van der Waals surface area contributed by atoms with Crippen molar-refractivity contribution in [1.29, 1.82) is 0 Å². The number of carbonyl (C=O) groups is 1. The van der Waals surface area contributed by atoms with E-state index in [1.54, 1.807) is 0 Å². The van der Waals surface area contributed by atoms with Crippen LogP contribution in [0.2, 0.25) is 0 Å². The number of aryl methyl sites for hydroxylation is 1. The van der Waals surface area contributed by atoms with Gasteiger partial charge in [-0.1, -0.05) is 23.8 Å². The summed E-state index contributed by atoms with van der Waals surface area (Å²) in [5, 5.41) is 0. The zero-order chi connectivity index (χ0) is 12.5. The molecule has 1 aromatic heterocycles. The molecule has 0 aliphatic carbocycles. The molecule has 0 fully saturated rings. The van der Waals surface area contributed by atoms with Crippen LogP contribution < -0.4 is 0 Å². The van der Waals surface area contributed by atoms with Gasteiger partial charge in [-0.3, -0.25) is 4.79 Å². The summed E-state index contributed by atoms with van der Waals surface area (Å²) in [4.78, 5) is 19.9. The number of nitrogens with zero attached hydrogens (tertiary/aromatic N) is 2. The molecule has 0 amide bonds. The lowest BCUT2D eigenvalue weighted by molar-refractivity contribution is 0.111. The Bertz CT molecular complexity index is 623. The SMILES string of the molecule is Cc1cccc(-c2nc(C=O)c3c(n2)COC3)c1. The van der Waals surface area contributed by atoms with Gasteiger partial charge in [0.2, 0.25) is 0 Å². The molecular weight excluding hydrogens is 228 g/mol. The summed E-state index contributed by atoms with van der Waals surface area (Å²) in [6, 6.07) is 7.92. The van der Waals surface area contributed by atoms with E-state index in [1.165, 1.54) is 0 Å². The fraction of sp³-hybridized carbons (Fsp3) is 0.214. The molecule has 0 spiro atoms. The van der Waals surface area contributed by atoms with Crippen molar-refractivity contribution in [1.82, 2.24) is 9.97 Å². The topological polar surface area (TPSA) is 52.1 Å². The molecule has 0 saturated carbocycles. The van der Waals surface area contributed by atoms with Gasteiger partial charge in [0, 0.05) is 11.1 Å². The maximum atomic E-state index is 11.1. The summed E-state index contributed by atoms with van der Waals surface area (Å²) in [7, 11) is 0. The third kappa shape index (κ3) is 1.80. The molecule has 2 heterocycles. The Morgan fingerprint density at radius 2 is 2.17 bits per heavy atom. The average molecular weight is 240 g/mol. The molecule has 1 aliphatic rings. The van der Waals surface area contributed by atoms with Gasteiger partial charge in [0.15, 0.2) is 12.1 Å². The summed E-state index contributed by atoms with van der Waals surface area (Å²) >= 11 is 0. The van der Waals surface area contributed by atoms with Crippen LogP contribution in [0.5, 0.6) is 0 Å². The van der Waals surface area contributed by atoms with Crippen molar-refractivity contribution in [3.63, 3.8) is 0 Å². The smallest absolute Gasteiger partial charge is 0.168 e. The first-order chi connectivity index (χ1) is 8.78. The van der Waals surface area contributed by atoms with Gasteiger partial charge in [0.05, 0.1) is 18.9 Å². The highest BCUT2D eigenvalue weighted by molar-refractivity contribution is 5.76. The number of rotatable bonds is 2. The summed E-state index contributed by atoms with van der Waals surface area (Å²) in [6.45, 7) is 2.90. The molecule has 0 N–H and O–H groups in total. The fourth-order valence-electron chi connectivity index (χ4n) is 2.09. The second-order valence-electron chi connectivity index (χ2n) is 4.34. The van der Waals surface area contributed by atoms with Crippen LogP contribution in [0.25, 0.3) is 11.4 Å². The van der Waals surface area contributed by atoms with Gasteiger partial charge < -0.3 is 4.74 Å². The second kappa shape index (κ2) is 4.31. The lowest BCUT2D eigenvalue weighted by Gasteiger charge is -2.05. The Morgan fingerprint density at radius 1 is 1.28 bits per heavy atom. The number of hydrogen-bond acceptors (Lipinski definition) is 4. The van der Waals surface area contributed by atoms with Crippen LogP contribution in [0.1, 0.15) is 27.3 Å². The van der Waals surface area contributed by atoms with E-state index in [0.29, 0.717) is 24.7 Å². The Morgan fingerprint density at radius 3 is 2.94 bits per heavy atom. The van der Waals surface area contributed by atoms with Crippen LogP contribution in [-0.4, -0.2) is 16.3 Å². The number of hydrogen-bond donors (Lipinski definition) is 0. The van der Waals surface area contributed by atoms with E-state index in [9.17, 15) is 4.79 Å². The molecule has 0 atom stereocenters. The summed E-state index contributed by atoms with van der Waals surface area (Å²) in [6.07, 6.45) is 0.772. The molecule has 0 saturated heterocycles. The molecule has 3 rings (SSSR count). The van der Waals surface area contributed by atoms with Crippen molar-refractivity contribution in [2.75, 3.05) is 0 Å². The number of carbonyl (C=O) groups excluding carboxylic acids is 1. The number of ether oxygens (including phenoxy) is 1. The third-order valence-corrected chi connectivity index (χ3v) is 3.00. The zero-order valence-electron chi connectivity index (χ0n) is 10.0. The van der Waals surface area contributed by atoms with Gasteiger partial charge in [0.1, 0.15) is 5.69 Å². The van der Waals surface area contributed by atoms with Gasteiger partial charge in [-0.2, -0.15) is 0 Å². The van der Waals surface area contributed by atoms with E-state index >= 15 is 0 Å². The lowest BCUT2D eigenvalue weighted by Crippen LogP contribution is -2.02. The Kier molecular flexibility index (Phi) is 2.64. The number of aromatic nitrogens is 2. The molecule has 90 valence electrons. The minimum atomic E-state index is 0.428. The van der Waals surface area contributed by atoms with E-state index < -0.39 is 0 Å². The number of fused-ring (bicyclic) bond motifs is 1. The summed E-state index contributed by atoms with van der Waals surface area (Å²) in [5.41, 5.74) is 4.15. The molecule has 2 aromatic rings. The quantitative estimate of drug-likeness (QED) is 0.756. The van der Waals surface area contributed by atoms with Crippen molar-refractivity contribution in [3.05, 3.63) is 46.8 Å². The largest absolute Gasteiger partial charge is 0.370 e. The maximum Gasteiger partial charge on any atom is 0.168 e.